The average Bonchev–Trinajstić information content (AvgIpc) is 2.89. The number of pyridine rings is 3. The van der Waals surface area contributed by atoms with E-state index in [-0.39, 0.29) is 5.92 Å². The number of aromatic nitrogens is 3. The van der Waals surface area contributed by atoms with Gasteiger partial charge in [0.05, 0.1) is 18.9 Å². The smallest absolute Gasteiger partial charge is 0.0734 e. The molecule has 0 amide bonds. The van der Waals surface area contributed by atoms with Crippen LogP contribution in [0.2, 0.25) is 0 Å². The van der Waals surface area contributed by atoms with Crippen LogP contribution in [0.4, 0.5) is 5.69 Å². The molecule has 0 atom stereocenters. The van der Waals surface area contributed by atoms with Crippen LogP contribution in [-0.2, 0) is 11.2 Å². The summed E-state index contributed by atoms with van der Waals surface area (Å²) >= 11 is 0. The molecule has 0 unspecified atom stereocenters. The number of anilines is 1. The van der Waals surface area contributed by atoms with Crippen molar-refractivity contribution in [3.63, 3.8) is 0 Å². The molecule has 4 aromatic rings. The molecule has 1 aromatic carbocycles. The Labute approximate surface area is 188 Å². The molecule has 4 heterocycles. The maximum absolute atomic E-state index is 5.48. The van der Waals surface area contributed by atoms with Gasteiger partial charge in [0, 0.05) is 61.2 Å². The van der Waals surface area contributed by atoms with Gasteiger partial charge in [-0.3, -0.25) is 15.0 Å². The van der Waals surface area contributed by atoms with Gasteiger partial charge in [0.25, 0.3) is 0 Å². The summed E-state index contributed by atoms with van der Waals surface area (Å²) < 4.78 is 5.48. The quantitative estimate of drug-likeness (QED) is 0.449. The van der Waals surface area contributed by atoms with Crippen molar-refractivity contribution in [3.8, 4) is 11.3 Å². The topological polar surface area (TPSA) is 51.1 Å². The second kappa shape index (κ2) is 9.71. The van der Waals surface area contributed by atoms with E-state index in [1.807, 2.05) is 49.2 Å². The number of rotatable bonds is 6. The lowest BCUT2D eigenvalue weighted by atomic mass is 9.86. The summed E-state index contributed by atoms with van der Waals surface area (Å²) in [7, 11) is 0. The number of hydrogen-bond acceptors (Lipinski definition) is 5. The lowest BCUT2D eigenvalue weighted by Crippen LogP contribution is -2.36. The third-order valence-corrected chi connectivity index (χ3v) is 6.01. The van der Waals surface area contributed by atoms with Gasteiger partial charge in [-0.15, -0.1) is 0 Å². The molecule has 1 fully saturated rings. The molecule has 3 aromatic heterocycles. The molecule has 1 aliphatic heterocycles. The third kappa shape index (κ3) is 4.53. The normalized spacial score (nSPS) is 14.0. The fourth-order valence-electron chi connectivity index (χ4n) is 4.33. The highest BCUT2D eigenvalue weighted by atomic mass is 16.5. The summed E-state index contributed by atoms with van der Waals surface area (Å²) in [6.07, 6.45) is 10.2. The molecular weight excluding hydrogens is 396 g/mol. The van der Waals surface area contributed by atoms with E-state index in [1.54, 1.807) is 0 Å². The Kier molecular flexibility index (Phi) is 6.17. The van der Waals surface area contributed by atoms with E-state index in [1.165, 1.54) is 22.4 Å². The molecular formula is C27H26N4O. The number of ether oxygens (including phenoxy) is 1. The zero-order valence-corrected chi connectivity index (χ0v) is 18.0. The molecule has 0 aliphatic carbocycles. The van der Waals surface area contributed by atoms with Gasteiger partial charge >= 0.3 is 0 Å². The first-order valence-electron chi connectivity index (χ1n) is 11.1. The zero-order chi connectivity index (χ0) is 21.6. The Morgan fingerprint density at radius 1 is 0.781 bits per heavy atom. The van der Waals surface area contributed by atoms with Crippen molar-refractivity contribution in [3.05, 3.63) is 108 Å². The van der Waals surface area contributed by atoms with Crippen LogP contribution in [-0.4, -0.2) is 41.3 Å². The van der Waals surface area contributed by atoms with Crippen LogP contribution >= 0.6 is 0 Å². The molecule has 0 spiro atoms. The van der Waals surface area contributed by atoms with E-state index >= 15 is 0 Å². The highest BCUT2D eigenvalue weighted by molar-refractivity contribution is 5.66. The first-order valence-corrected chi connectivity index (χ1v) is 11.1. The predicted octanol–water partition coefficient (Wildman–Crippen LogP) is 4.75. The molecule has 0 N–H and O–H groups in total. The van der Waals surface area contributed by atoms with Crippen LogP contribution in [0.5, 0.6) is 0 Å². The molecule has 1 aliphatic rings. The second-order valence-corrected chi connectivity index (χ2v) is 7.99. The molecule has 1 saturated heterocycles. The Hall–Kier alpha value is -3.57. The predicted molar refractivity (Wildman–Crippen MR) is 127 cm³/mol. The van der Waals surface area contributed by atoms with Crippen LogP contribution < -0.4 is 4.90 Å². The summed E-state index contributed by atoms with van der Waals surface area (Å²) in [5.41, 5.74) is 6.96. The maximum Gasteiger partial charge on any atom is 0.0734 e. The molecule has 5 rings (SSSR count). The number of benzene rings is 1. The highest BCUT2D eigenvalue weighted by Gasteiger charge is 2.19. The molecule has 5 heteroatoms. The van der Waals surface area contributed by atoms with Crippen LogP contribution in [0.3, 0.4) is 0 Å². The largest absolute Gasteiger partial charge is 0.378 e. The number of morpholine rings is 1. The summed E-state index contributed by atoms with van der Waals surface area (Å²) in [5.74, 6) is 0.160. The van der Waals surface area contributed by atoms with Gasteiger partial charge in [-0.25, -0.2) is 0 Å². The van der Waals surface area contributed by atoms with Gasteiger partial charge in [0.2, 0.25) is 0 Å². The van der Waals surface area contributed by atoms with E-state index < -0.39 is 0 Å². The maximum atomic E-state index is 5.48. The third-order valence-electron chi connectivity index (χ3n) is 6.01. The number of nitrogens with zero attached hydrogens (tertiary/aromatic N) is 4. The van der Waals surface area contributed by atoms with Crippen molar-refractivity contribution in [2.45, 2.75) is 12.3 Å². The van der Waals surface area contributed by atoms with Crippen LogP contribution in [0, 0.1) is 0 Å². The van der Waals surface area contributed by atoms with Crippen LogP contribution in [0.25, 0.3) is 11.3 Å². The van der Waals surface area contributed by atoms with Crippen molar-refractivity contribution in [1.82, 2.24) is 15.0 Å². The minimum atomic E-state index is 0.160. The summed E-state index contributed by atoms with van der Waals surface area (Å²) in [6, 6.07) is 21.2. The Morgan fingerprint density at radius 2 is 1.44 bits per heavy atom. The highest BCUT2D eigenvalue weighted by Crippen LogP contribution is 2.32. The fraction of sp³-hybridized carbons (Fsp3) is 0.222. The molecule has 32 heavy (non-hydrogen) atoms. The van der Waals surface area contributed by atoms with Crippen molar-refractivity contribution < 1.29 is 4.74 Å². The first kappa shape index (κ1) is 20.3. The second-order valence-electron chi connectivity index (χ2n) is 7.99. The fourth-order valence-corrected chi connectivity index (χ4v) is 4.33. The van der Waals surface area contributed by atoms with Gasteiger partial charge < -0.3 is 9.64 Å². The first-order chi connectivity index (χ1) is 15.9. The van der Waals surface area contributed by atoms with Crippen molar-refractivity contribution in [1.29, 1.82) is 0 Å². The molecule has 160 valence electrons. The number of hydrogen-bond donors (Lipinski definition) is 0. The molecule has 0 bridgehead atoms. The van der Waals surface area contributed by atoms with Gasteiger partial charge in [-0.05, 0) is 53.4 Å². The van der Waals surface area contributed by atoms with E-state index in [0.717, 1.165) is 44.0 Å². The van der Waals surface area contributed by atoms with Gasteiger partial charge in [-0.1, -0.05) is 30.3 Å². The minimum absolute atomic E-state index is 0.160. The van der Waals surface area contributed by atoms with Crippen molar-refractivity contribution in [2.24, 2.45) is 0 Å². The monoisotopic (exact) mass is 422 g/mol. The minimum Gasteiger partial charge on any atom is -0.378 e. The standard InChI is InChI=1S/C27H26N4O/c1-5-23(19-28-11-1)26(24-6-2-12-29-20-24)18-22-4-3-13-30-27(22)21-7-9-25(10-8-21)31-14-16-32-17-15-31/h1-13,19-20,26H,14-18H2. The Balaban J connectivity index is 1.46. The van der Waals surface area contributed by atoms with Gasteiger partial charge in [0.15, 0.2) is 0 Å². The van der Waals surface area contributed by atoms with E-state index in [9.17, 15) is 0 Å². The van der Waals surface area contributed by atoms with E-state index in [4.69, 9.17) is 9.72 Å². The van der Waals surface area contributed by atoms with Crippen molar-refractivity contribution in [2.75, 3.05) is 31.2 Å². The summed E-state index contributed by atoms with van der Waals surface area (Å²) in [5, 5.41) is 0. The van der Waals surface area contributed by atoms with Crippen LogP contribution in [0.1, 0.15) is 22.6 Å². The average molecular weight is 423 g/mol. The lowest BCUT2D eigenvalue weighted by Gasteiger charge is -2.29. The molecule has 5 nitrogen and oxygen atoms in total. The molecule has 0 radical (unpaired) electrons. The van der Waals surface area contributed by atoms with E-state index in [2.05, 4.69) is 57.3 Å². The van der Waals surface area contributed by atoms with Crippen molar-refractivity contribution >= 4 is 5.69 Å². The summed E-state index contributed by atoms with van der Waals surface area (Å²) in [4.78, 5) is 15.9. The van der Waals surface area contributed by atoms with Gasteiger partial charge in [-0.2, -0.15) is 0 Å². The Morgan fingerprint density at radius 3 is 2.06 bits per heavy atom. The zero-order valence-electron chi connectivity index (χ0n) is 18.0. The van der Waals surface area contributed by atoms with Crippen LogP contribution in [0.15, 0.2) is 91.6 Å². The summed E-state index contributed by atoms with van der Waals surface area (Å²) in [6.45, 7) is 3.45. The van der Waals surface area contributed by atoms with E-state index in [0.29, 0.717) is 0 Å². The Bertz CT molecular complexity index is 1090. The molecule has 0 saturated carbocycles. The van der Waals surface area contributed by atoms with Gasteiger partial charge in [0.1, 0.15) is 0 Å². The lowest BCUT2D eigenvalue weighted by molar-refractivity contribution is 0.122. The SMILES string of the molecule is c1cncc(C(Cc2cccnc2-c2ccc(N3CCOCC3)cc2)c2cccnc2)c1.